The third kappa shape index (κ3) is 5.52. The molecule has 0 fully saturated rings. The second kappa shape index (κ2) is 11.7. The maximum atomic E-state index is 13.5. The summed E-state index contributed by atoms with van der Waals surface area (Å²) in [5.74, 6) is -0.0211. The van der Waals surface area contributed by atoms with Crippen molar-refractivity contribution < 1.29 is 4.79 Å². The highest BCUT2D eigenvalue weighted by Crippen LogP contribution is 2.28. The summed E-state index contributed by atoms with van der Waals surface area (Å²) < 4.78 is 1.86. The van der Waals surface area contributed by atoms with E-state index in [4.69, 9.17) is 5.10 Å². The smallest absolute Gasteiger partial charge is 0.258 e. The van der Waals surface area contributed by atoms with Crippen molar-refractivity contribution in [2.24, 2.45) is 0 Å². The van der Waals surface area contributed by atoms with Crippen LogP contribution in [0.2, 0.25) is 0 Å². The number of rotatable bonds is 6. The zero-order valence-corrected chi connectivity index (χ0v) is 19.7. The lowest BCUT2D eigenvalue weighted by Crippen LogP contribution is -2.30. The lowest BCUT2D eigenvalue weighted by Gasteiger charge is -2.25. The van der Waals surface area contributed by atoms with Gasteiger partial charge in [0.1, 0.15) is 5.69 Å². The van der Waals surface area contributed by atoms with E-state index in [1.165, 1.54) is 0 Å². The summed E-state index contributed by atoms with van der Waals surface area (Å²) in [6.07, 6.45) is 5.27. The second-order valence-electron chi connectivity index (χ2n) is 7.50. The van der Waals surface area contributed by atoms with Crippen molar-refractivity contribution in [1.29, 1.82) is 0 Å². The molecule has 32 heavy (non-hydrogen) atoms. The van der Waals surface area contributed by atoms with E-state index < -0.39 is 0 Å². The number of benzene rings is 2. The van der Waals surface area contributed by atoms with Crippen LogP contribution in [0.15, 0.2) is 92.0 Å². The van der Waals surface area contributed by atoms with E-state index in [1.807, 2.05) is 106 Å². The zero-order valence-electron chi connectivity index (χ0n) is 19.7. The minimum Gasteiger partial charge on any atom is -0.335 e. The second-order valence-corrected chi connectivity index (χ2v) is 7.50. The monoisotopic (exact) mass is 427 g/mol. The minimum absolute atomic E-state index is 0.0211. The van der Waals surface area contributed by atoms with Gasteiger partial charge in [0.25, 0.3) is 5.91 Å². The van der Waals surface area contributed by atoms with E-state index >= 15 is 0 Å². The van der Waals surface area contributed by atoms with Gasteiger partial charge in [0.2, 0.25) is 0 Å². The molecule has 3 rings (SSSR count). The van der Waals surface area contributed by atoms with Crippen LogP contribution >= 0.6 is 0 Å². The summed E-state index contributed by atoms with van der Waals surface area (Å²) in [7, 11) is 1.86. The zero-order chi connectivity index (χ0) is 23.7. The molecule has 0 bridgehead atoms. The number of carbonyl (C=O) groups excluding carboxylic acids is 1. The Bertz CT molecular complexity index is 1070. The van der Waals surface area contributed by atoms with Gasteiger partial charge in [-0.2, -0.15) is 5.10 Å². The van der Waals surface area contributed by atoms with Crippen molar-refractivity contribution in [2.45, 2.75) is 33.7 Å². The van der Waals surface area contributed by atoms with Gasteiger partial charge in [-0.3, -0.25) is 4.79 Å². The van der Waals surface area contributed by atoms with E-state index in [1.54, 1.807) is 17.1 Å². The summed E-state index contributed by atoms with van der Waals surface area (Å²) in [6.45, 7) is 14.7. The van der Waals surface area contributed by atoms with E-state index in [9.17, 15) is 4.79 Å². The largest absolute Gasteiger partial charge is 0.335 e. The molecule has 0 aliphatic rings. The van der Waals surface area contributed by atoms with Gasteiger partial charge in [0.15, 0.2) is 0 Å². The fourth-order valence-corrected chi connectivity index (χ4v) is 3.30. The van der Waals surface area contributed by atoms with Crippen molar-refractivity contribution in [2.75, 3.05) is 7.05 Å². The maximum absolute atomic E-state index is 13.5. The first-order valence-electron chi connectivity index (χ1n) is 10.7. The molecular formula is C28H33N3O. The van der Waals surface area contributed by atoms with Crippen molar-refractivity contribution >= 4 is 11.5 Å². The Balaban J connectivity index is 0.000000837. The number of aromatic nitrogens is 2. The number of hydrogen-bond acceptors (Lipinski definition) is 2. The van der Waals surface area contributed by atoms with Gasteiger partial charge in [0, 0.05) is 7.05 Å². The Morgan fingerprint density at radius 2 is 1.56 bits per heavy atom. The van der Waals surface area contributed by atoms with Crippen LogP contribution in [0, 0.1) is 6.92 Å². The van der Waals surface area contributed by atoms with E-state index in [0.29, 0.717) is 5.56 Å². The van der Waals surface area contributed by atoms with Crippen LogP contribution in [0.3, 0.4) is 0 Å². The fraction of sp³-hybridized carbons (Fsp3) is 0.214. The molecular weight excluding hydrogens is 394 g/mol. The van der Waals surface area contributed by atoms with Crippen LogP contribution in [0.4, 0.5) is 0 Å². The molecule has 1 amide bonds. The highest BCUT2D eigenvalue weighted by Gasteiger charge is 2.27. The Labute approximate surface area is 192 Å². The van der Waals surface area contributed by atoms with Crippen molar-refractivity contribution in [1.82, 2.24) is 14.7 Å². The third-order valence-electron chi connectivity index (χ3n) is 5.49. The predicted molar refractivity (Wildman–Crippen MR) is 135 cm³/mol. The van der Waals surface area contributed by atoms with E-state index in [0.717, 1.165) is 28.2 Å². The standard InChI is InChI=1S/C24H27N3O.C4H6/c1-6-17(2)23-22(19(4)27(25-23)21-15-11-8-12-16-21)24(28)26(5)18(3)20-13-9-7-10-14-20;1-3-4-2/h6-16,18H,1-5H3;3-4H,1-2H2/b17-6+;. The number of carbonyl (C=O) groups is 1. The Morgan fingerprint density at radius 3 is 2.06 bits per heavy atom. The third-order valence-corrected chi connectivity index (χ3v) is 5.49. The number of nitrogens with zero attached hydrogens (tertiary/aromatic N) is 3. The SMILES string of the molecule is C/C=C(\C)c1nn(-c2ccccc2)c(C)c1C(=O)N(C)C(C)c1ccccc1.C=CC=C. The van der Waals surface area contributed by atoms with Gasteiger partial charge < -0.3 is 4.90 Å². The van der Waals surface area contributed by atoms with Gasteiger partial charge >= 0.3 is 0 Å². The first kappa shape index (κ1) is 24.6. The Morgan fingerprint density at radius 1 is 1.03 bits per heavy atom. The number of para-hydroxylation sites is 1. The van der Waals surface area contributed by atoms with Crippen LogP contribution in [0.5, 0.6) is 0 Å². The van der Waals surface area contributed by atoms with Gasteiger partial charge in [-0.25, -0.2) is 4.68 Å². The first-order valence-corrected chi connectivity index (χ1v) is 10.7. The number of amides is 1. The fourth-order valence-electron chi connectivity index (χ4n) is 3.30. The maximum Gasteiger partial charge on any atom is 0.258 e. The highest BCUT2D eigenvalue weighted by atomic mass is 16.2. The van der Waals surface area contributed by atoms with Crippen molar-refractivity contribution in [3.63, 3.8) is 0 Å². The first-order chi connectivity index (χ1) is 15.4. The van der Waals surface area contributed by atoms with Crippen LogP contribution in [0.25, 0.3) is 11.3 Å². The minimum atomic E-state index is -0.0352. The topological polar surface area (TPSA) is 38.1 Å². The molecule has 0 saturated heterocycles. The summed E-state index contributed by atoms with van der Waals surface area (Å²) in [6, 6.07) is 20.0. The average molecular weight is 428 g/mol. The molecule has 0 N–H and O–H groups in total. The normalized spacial score (nSPS) is 11.7. The van der Waals surface area contributed by atoms with Crippen LogP contribution in [-0.4, -0.2) is 27.6 Å². The average Bonchev–Trinajstić information content (AvgIpc) is 3.20. The quantitative estimate of drug-likeness (QED) is 0.406. The van der Waals surface area contributed by atoms with E-state index in [-0.39, 0.29) is 11.9 Å². The molecule has 0 radical (unpaired) electrons. The molecule has 4 heteroatoms. The van der Waals surface area contributed by atoms with Gasteiger partial charge in [-0.1, -0.05) is 79.9 Å². The molecule has 1 unspecified atom stereocenters. The predicted octanol–water partition coefficient (Wildman–Crippen LogP) is 6.80. The molecule has 0 spiro atoms. The Kier molecular flexibility index (Phi) is 8.96. The summed E-state index contributed by atoms with van der Waals surface area (Å²) in [4.78, 5) is 15.3. The summed E-state index contributed by atoms with van der Waals surface area (Å²) in [5, 5.41) is 4.79. The molecule has 4 nitrogen and oxygen atoms in total. The summed E-state index contributed by atoms with van der Waals surface area (Å²) >= 11 is 0. The lowest BCUT2D eigenvalue weighted by molar-refractivity contribution is 0.0741. The molecule has 2 aromatic carbocycles. The molecule has 1 heterocycles. The highest BCUT2D eigenvalue weighted by molar-refractivity contribution is 5.99. The molecule has 0 saturated carbocycles. The molecule has 0 aliphatic heterocycles. The number of allylic oxidation sites excluding steroid dienone is 4. The Hall–Kier alpha value is -3.66. The van der Waals surface area contributed by atoms with Crippen LogP contribution in [-0.2, 0) is 0 Å². The van der Waals surface area contributed by atoms with Crippen molar-refractivity contribution in [3.8, 4) is 5.69 Å². The summed E-state index contributed by atoms with van der Waals surface area (Å²) in [5.41, 5.74) is 5.28. The van der Waals surface area contributed by atoms with E-state index in [2.05, 4.69) is 13.2 Å². The molecule has 1 atom stereocenters. The molecule has 3 aromatic rings. The van der Waals surface area contributed by atoms with Gasteiger partial charge in [-0.05, 0) is 51.0 Å². The molecule has 166 valence electrons. The van der Waals surface area contributed by atoms with Crippen LogP contribution < -0.4 is 0 Å². The van der Waals surface area contributed by atoms with Crippen molar-refractivity contribution in [3.05, 3.63) is 115 Å². The lowest BCUT2D eigenvalue weighted by atomic mass is 10.0. The van der Waals surface area contributed by atoms with Crippen LogP contribution in [0.1, 0.15) is 54.1 Å². The number of hydrogen-bond donors (Lipinski definition) is 0. The molecule has 1 aromatic heterocycles. The van der Waals surface area contributed by atoms with Gasteiger partial charge in [-0.15, -0.1) is 0 Å². The molecule has 0 aliphatic carbocycles. The van der Waals surface area contributed by atoms with Gasteiger partial charge in [0.05, 0.1) is 23.0 Å².